The van der Waals surface area contributed by atoms with Crippen molar-refractivity contribution in [3.8, 4) is 0 Å². The molecule has 3 heteroatoms. The van der Waals surface area contributed by atoms with Gasteiger partial charge in [0.15, 0.2) is 0 Å². The number of nitrogens with one attached hydrogen (secondary N) is 1. The summed E-state index contributed by atoms with van der Waals surface area (Å²) in [5, 5.41) is 2.45. The average molecular weight is 129 g/mol. The lowest BCUT2D eigenvalue weighted by Crippen LogP contribution is -2.23. The van der Waals surface area contributed by atoms with Crippen molar-refractivity contribution < 1.29 is 9.53 Å². The van der Waals surface area contributed by atoms with Crippen molar-refractivity contribution in [3.63, 3.8) is 0 Å². The molecule has 0 fully saturated rings. The van der Waals surface area contributed by atoms with Crippen LogP contribution in [0.15, 0.2) is 12.7 Å². The van der Waals surface area contributed by atoms with Crippen LogP contribution < -0.4 is 5.32 Å². The van der Waals surface area contributed by atoms with Gasteiger partial charge in [-0.1, -0.05) is 6.58 Å². The van der Waals surface area contributed by atoms with Gasteiger partial charge in [-0.2, -0.15) is 0 Å². The second-order valence-corrected chi connectivity index (χ2v) is 1.38. The Morgan fingerprint density at radius 3 is 3.00 bits per heavy atom. The fourth-order valence-corrected chi connectivity index (χ4v) is 0.296. The van der Waals surface area contributed by atoms with Crippen LogP contribution >= 0.6 is 0 Å². The van der Waals surface area contributed by atoms with E-state index in [-0.39, 0.29) is 12.6 Å². The molecule has 0 atom stereocenters. The molecule has 0 aromatic rings. The molecule has 0 aliphatic heterocycles. The maximum atomic E-state index is 10.4. The largest absolute Gasteiger partial charge is 0.362 e. The molecule has 0 radical (unpaired) electrons. The third-order valence-electron chi connectivity index (χ3n) is 0.738. The molecular weight excluding hydrogens is 118 g/mol. The Bertz CT molecular complexity index is 101. The lowest BCUT2D eigenvalue weighted by molar-refractivity contribution is -0.118. The summed E-state index contributed by atoms with van der Waals surface area (Å²) in [6.07, 6.45) is 1.21. The molecular formula is C6H11NO2. The number of hydrogen-bond acceptors (Lipinski definition) is 2. The zero-order chi connectivity index (χ0) is 7.11. The van der Waals surface area contributed by atoms with Gasteiger partial charge in [-0.15, -0.1) is 0 Å². The Balaban J connectivity index is 3.07. The smallest absolute Gasteiger partial charge is 0.245 e. The highest BCUT2D eigenvalue weighted by atomic mass is 16.5. The van der Waals surface area contributed by atoms with Gasteiger partial charge in [-0.05, 0) is 13.0 Å². The van der Waals surface area contributed by atoms with Crippen molar-refractivity contribution in [1.82, 2.24) is 5.32 Å². The van der Waals surface area contributed by atoms with E-state index in [1.165, 1.54) is 6.08 Å². The van der Waals surface area contributed by atoms with Gasteiger partial charge in [0.05, 0.1) is 0 Å². The Kier molecular flexibility index (Phi) is 4.82. The molecule has 0 unspecified atom stereocenters. The van der Waals surface area contributed by atoms with Gasteiger partial charge in [0.2, 0.25) is 5.91 Å². The Hall–Kier alpha value is -0.830. The van der Waals surface area contributed by atoms with Gasteiger partial charge in [0, 0.05) is 6.61 Å². The maximum Gasteiger partial charge on any atom is 0.245 e. The standard InChI is InChI=1S/C6H11NO2/c1-3-6(8)7-5-9-4-2/h3H,1,4-5H2,2H3,(H,7,8). The first-order valence-corrected chi connectivity index (χ1v) is 2.79. The second kappa shape index (κ2) is 5.31. The predicted molar refractivity (Wildman–Crippen MR) is 34.8 cm³/mol. The fourth-order valence-electron chi connectivity index (χ4n) is 0.296. The van der Waals surface area contributed by atoms with Crippen molar-refractivity contribution in [2.75, 3.05) is 13.3 Å². The number of carbonyl (C=O) groups is 1. The van der Waals surface area contributed by atoms with Crippen molar-refractivity contribution >= 4 is 5.91 Å². The minimum atomic E-state index is -0.205. The summed E-state index contributed by atoms with van der Waals surface area (Å²) in [5.74, 6) is -0.205. The van der Waals surface area contributed by atoms with Crippen LogP contribution in [-0.2, 0) is 9.53 Å². The molecule has 52 valence electrons. The van der Waals surface area contributed by atoms with Gasteiger partial charge >= 0.3 is 0 Å². The van der Waals surface area contributed by atoms with E-state index in [9.17, 15) is 4.79 Å². The molecule has 0 aliphatic carbocycles. The van der Waals surface area contributed by atoms with Crippen molar-refractivity contribution in [2.45, 2.75) is 6.92 Å². The Labute approximate surface area is 54.7 Å². The topological polar surface area (TPSA) is 38.3 Å². The number of carbonyl (C=O) groups excluding carboxylic acids is 1. The van der Waals surface area contributed by atoms with Crippen molar-refractivity contribution in [1.29, 1.82) is 0 Å². The summed E-state index contributed by atoms with van der Waals surface area (Å²) in [7, 11) is 0. The molecule has 9 heavy (non-hydrogen) atoms. The zero-order valence-corrected chi connectivity index (χ0v) is 5.52. The first kappa shape index (κ1) is 8.17. The van der Waals surface area contributed by atoms with Gasteiger partial charge in [-0.3, -0.25) is 4.79 Å². The van der Waals surface area contributed by atoms with Crippen LogP contribution in [0.1, 0.15) is 6.92 Å². The Morgan fingerprint density at radius 1 is 1.89 bits per heavy atom. The minimum absolute atomic E-state index is 0.205. The van der Waals surface area contributed by atoms with Gasteiger partial charge < -0.3 is 10.1 Å². The molecule has 0 aromatic heterocycles. The molecule has 0 spiro atoms. The van der Waals surface area contributed by atoms with E-state index in [4.69, 9.17) is 4.74 Å². The van der Waals surface area contributed by atoms with Crippen LogP contribution in [0.5, 0.6) is 0 Å². The molecule has 0 saturated heterocycles. The third kappa shape index (κ3) is 5.03. The van der Waals surface area contributed by atoms with Crippen LogP contribution in [0, 0.1) is 0 Å². The number of rotatable bonds is 4. The molecule has 0 saturated carbocycles. The molecule has 0 heterocycles. The zero-order valence-electron chi connectivity index (χ0n) is 5.52. The second-order valence-electron chi connectivity index (χ2n) is 1.38. The van der Waals surface area contributed by atoms with E-state index in [0.29, 0.717) is 6.61 Å². The molecule has 0 bridgehead atoms. The minimum Gasteiger partial charge on any atom is -0.362 e. The summed E-state index contributed by atoms with van der Waals surface area (Å²) < 4.78 is 4.83. The van der Waals surface area contributed by atoms with Gasteiger partial charge in [0.25, 0.3) is 0 Å². The summed E-state index contributed by atoms with van der Waals surface area (Å²) in [6, 6.07) is 0. The monoisotopic (exact) mass is 129 g/mol. The highest BCUT2D eigenvalue weighted by Gasteiger charge is 1.88. The highest BCUT2D eigenvalue weighted by molar-refractivity contribution is 5.86. The van der Waals surface area contributed by atoms with E-state index in [0.717, 1.165) is 0 Å². The van der Waals surface area contributed by atoms with Gasteiger partial charge in [0.1, 0.15) is 6.73 Å². The van der Waals surface area contributed by atoms with Crippen LogP contribution in [0.25, 0.3) is 0 Å². The molecule has 3 nitrogen and oxygen atoms in total. The molecule has 1 N–H and O–H groups in total. The van der Waals surface area contributed by atoms with E-state index in [1.807, 2.05) is 6.92 Å². The summed E-state index contributed by atoms with van der Waals surface area (Å²) in [5.41, 5.74) is 0. The van der Waals surface area contributed by atoms with Crippen LogP contribution in [-0.4, -0.2) is 19.2 Å². The van der Waals surface area contributed by atoms with E-state index >= 15 is 0 Å². The highest BCUT2D eigenvalue weighted by Crippen LogP contribution is 1.69. The lowest BCUT2D eigenvalue weighted by Gasteiger charge is -1.99. The van der Waals surface area contributed by atoms with E-state index in [1.54, 1.807) is 0 Å². The SMILES string of the molecule is C=CC(=O)NCOCC. The van der Waals surface area contributed by atoms with Crippen molar-refractivity contribution in [3.05, 3.63) is 12.7 Å². The van der Waals surface area contributed by atoms with Crippen LogP contribution in [0.4, 0.5) is 0 Å². The normalized spacial score (nSPS) is 8.56. The van der Waals surface area contributed by atoms with Crippen LogP contribution in [0.2, 0.25) is 0 Å². The first-order chi connectivity index (χ1) is 4.31. The number of ether oxygens (including phenoxy) is 1. The fraction of sp³-hybridized carbons (Fsp3) is 0.500. The third-order valence-corrected chi connectivity index (χ3v) is 0.738. The number of amides is 1. The molecule has 1 amide bonds. The predicted octanol–water partition coefficient (Wildman–Crippen LogP) is 0.283. The summed E-state index contributed by atoms with van der Waals surface area (Å²) in [6.45, 7) is 6.01. The van der Waals surface area contributed by atoms with Crippen LogP contribution in [0.3, 0.4) is 0 Å². The Morgan fingerprint density at radius 2 is 2.56 bits per heavy atom. The average Bonchev–Trinajstić information content (AvgIpc) is 1.89. The van der Waals surface area contributed by atoms with E-state index in [2.05, 4.69) is 11.9 Å². The quantitative estimate of drug-likeness (QED) is 0.336. The van der Waals surface area contributed by atoms with E-state index < -0.39 is 0 Å². The molecule has 0 rings (SSSR count). The lowest BCUT2D eigenvalue weighted by atomic mass is 10.6. The maximum absolute atomic E-state index is 10.4. The molecule has 0 aliphatic rings. The first-order valence-electron chi connectivity index (χ1n) is 2.79. The number of hydrogen-bond donors (Lipinski definition) is 1. The summed E-state index contributed by atoms with van der Waals surface area (Å²) >= 11 is 0. The van der Waals surface area contributed by atoms with Gasteiger partial charge in [-0.25, -0.2) is 0 Å². The summed E-state index contributed by atoms with van der Waals surface area (Å²) in [4.78, 5) is 10.4. The molecule has 0 aromatic carbocycles. The van der Waals surface area contributed by atoms with Crippen molar-refractivity contribution in [2.24, 2.45) is 0 Å².